The summed E-state index contributed by atoms with van der Waals surface area (Å²) in [5.41, 5.74) is 3.34. The minimum absolute atomic E-state index is 0.00651. The lowest BCUT2D eigenvalue weighted by Gasteiger charge is -2.39. The molecule has 0 spiro atoms. The van der Waals surface area contributed by atoms with Gasteiger partial charge in [-0.2, -0.15) is 10.2 Å². The first-order valence-corrected chi connectivity index (χ1v) is 10.1. The number of nitrogens with zero attached hydrogens (tertiary/aromatic N) is 5. The van der Waals surface area contributed by atoms with Gasteiger partial charge in [-0.15, -0.1) is 0 Å². The molecule has 2 aromatic heterocycles. The van der Waals surface area contributed by atoms with Crippen LogP contribution in [0.4, 0.5) is 0 Å². The molecule has 0 N–H and O–H groups in total. The molecule has 2 aliphatic rings. The molecule has 1 aliphatic carbocycles. The number of para-hydroxylation sites is 1. The van der Waals surface area contributed by atoms with E-state index in [0.717, 1.165) is 29.9 Å². The Labute approximate surface area is 168 Å². The zero-order valence-corrected chi connectivity index (χ0v) is 16.4. The predicted molar refractivity (Wildman–Crippen MR) is 108 cm³/mol. The Hall–Kier alpha value is -3.22. The second-order valence-electron chi connectivity index (χ2n) is 8.02. The topological polar surface area (TPSA) is 73.0 Å². The van der Waals surface area contributed by atoms with Crippen LogP contribution in [0.3, 0.4) is 0 Å². The van der Waals surface area contributed by atoms with Gasteiger partial charge in [-0.1, -0.05) is 18.2 Å². The van der Waals surface area contributed by atoms with E-state index in [1.165, 1.54) is 0 Å². The fourth-order valence-electron chi connectivity index (χ4n) is 3.91. The summed E-state index contributed by atoms with van der Waals surface area (Å²) in [7, 11) is 0. The quantitative estimate of drug-likeness (QED) is 0.672. The number of carbonyl (C=O) groups excluding carboxylic acids is 1. The molecule has 0 unspecified atom stereocenters. The summed E-state index contributed by atoms with van der Waals surface area (Å²) in [6.07, 6.45) is 3.96. The number of hydrogen-bond acceptors (Lipinski definition) is 4. The third-order valence-electron chi connectivity index (χ3n) is 5.80. The summed E-state index contributed by atoms with van der Waals surface area (Å²) in [5.74, 6) is 0.765. The molecule has 0 bridgehead atoms. The fourth-order valence-corrected chi connectivity index (χ4v) is 3.91. The maximum absolute atomic E-state index is 12.9. The highest BCUT2D eigenvalue weighted by Gasteiger charge is 2.34. The Kier molecular flexibility index (Phi) is 4.30. The Morgan fingerprint density at radius 2 is 1.86 bits per heavy atom. The Balaban J connectivity index is 1.25. The summed E-state index contributed by atoms with van der Waals surface area (Å²) in [4.78, 5) is 26.8. The van der Waals surface area contributed by atoms with Crippen molar-refractivity contribution in [3.63, 3.8) is 0 Å². The highest BCUT2D eigenvalue weighted by molar-refractivity contribution is 5.95. The lowest BCUT2D eigenvalue weighted by atomic mass is 9.99. The molecule has 1 aromatic carbocycles. The normalized spacial score (nSPS) is 16.7. The van der Waals surface area contributed by atoms with E-state index < -0.39 is 0 Å². The van der Waals surface area contributed by atoms with Gasteiger partial charge >= 0.3 is 0 Å². The molecule has 3 heterocycles. The number of benzene rings is 1. The van der Waals surface area contributed by atoms with Gasteiger partial charge in [0, 0.05) is 31.0 Å². The number of rotatable bonds is 5. The van der Waals surface area contributed by atoms with Gasteiger partial charge < -0.3 is 4.90 Å². The number of likely N-dealkylation sites (tertiary alicyclic amines) is 1. The van der Waals surface area contributed by atoms with Crippen LogP contribution in [-0.2, 0) is 6.54 Å². The fraction of sp³-hybridized carbons (Fsp3) is 0.364. The van der Waals surface area contributed by atoms with Gasteiger partial charge in [-0.05, 0) is 38.0 Å². The lowest BCUT2D eigenvalue weighted by molar-refractivity contribution is 0.0457. The first kappa shape index (κ1) is 17.8. The van der Waals surface area contributed by atoms with Crippen LogP contribution in [0, 0.1) is 12.8 Å². The van der Waals surface area contributed by atoms with Crippen LogP contribution in [0.15, 0.2) is 53.5 Å². The van der Waals surface area contributed by atoms with Crippen molar-refractivity contribution in [2.75, 3.05) is 13.1 Å². The first-order valence-electron chi connectivity index (χ1n) is 10.1. The minimum Gasteiger partial charge on any atom is -0.338 e. The highest BCUT2D eigenvalue weighted by atomic mass is 16.2. The third-order valence-corrected chi connectivity index (χ3v) is 5.80. The van der Waals surface area contributed by atoms with Gasteiger partial charge in [0.05, 0.1) is 35.4 Å². The van der Waals surface area contributed by atoms with E-state index in [4.69, 9.17) is 0 Å². The second-order valence-corrected chi connectivity index (χ2v) is 8.02. The number of hydrogen-bond donors (Lipinski definition) is 0. The van der Waals surface area contributed by atoms with Crippen LogP contribution in [0.1, 0.15) is 40.5 Å². The van der Waals surface area contributed by atoms with Crippen LogP contribution in [0.5, 0.6) is 0 Å². The van der Waals surface area contributed by atoms with E-state index in [2.05, 4.69) is 10.2 Å². The Bertz CT molecular complexity index is 1110. The predicted octanol–water partition coefficient (Wildman–Crippen LogP) is 2.39. The average Bonchev–Trinajstić information content (AvgIpc) is 3.48. The van der Waals surface area contributed by atoms with E-state index in [1.54, 1.807) is 21.6 Å². The number of amides is 1. The van der Waals surface area contributed by atoms with Gasteiger partial charge in [0.25, 0.3) is 11.5 Å². The first-order chi connectivity index (χ1) is 14.1. The standard InChI is InChI=1S/C22H23N5O2/c1-15-19(11-23-27(15)18-5-3-2-4-6-18)22(29)25-12-16(13-25)14-26-21(28)10-9-20(24-26)17-7-8-17/h2-6,9-11,16-17H,7-8,12-14H2,1H3. The van der Waals surface area contributed by atoms with Gasteiger partial charge in [-0.3, -0.25) is 9.59 Å². The average molecular weight is 389 g/mol. The van der Waals surface area contributed by atoms with Crippen molar-refractivity contribution in [2.45, 2.75) is 32.2 Å². The Morgan fingerprint density at radius 1 is 1.10 bits per heavy atom. The molecule has 148 valence electrons. The summed E-state index contributed by atoms with van der Waals surface area (Å²) in [6.45, 7) is 3.75. The number of carbonyl (C=O) groups is 1. The van der Waals surface area contributed by atoms with E-state index in [1.807, 2.05) is 48.2 Å². The van der Waals surface area contributed by atoms with Crippen LogP contribution in [0.25, 0.3) is 5.69 Å². The molecule has 1 aliphatic heterocycles. The van der Waals surface area contributed by atoms with E-state index in [9.17, 15) is 9.59 Å². The zero-order chi connectivity index (χ0) is 20.0. The molecule has 0 radical (unpaired) electrons. The molecule has 2 fully saturated rings. The molecule has 7 nitrogen and oxygen atoms in total. The van der Waals surface area contributed by atoms with Gasteiger partial charge in [-0.25, -0.2) is 9.36 Å². The summed E-state index contributed by atoms with van der Waals surface area (Å²) in [6, 6.07) is 13.3. The van der Waals surface area contributed by atoms with E-state index >= 15 is 0 Å². The summed E-state index contributed by atoms with van der Waals surface area (Å²) < 4.78 is 3.36. The number of aromatic nitrogens is 4. The zero-order valence-electron chi connectivity index (χ0n) is 16.4. The molecule has 7 heteroatoms. The molecule has 1 saturated carbocycles. The maximum atomic E-state index is 12.9. The third kappa shape index (κ3) is 3.37. The molecule has 1 amide bonds. The molecule has 1 saturated heterocycles. The SMILES string of the molecule is Cc1c(C(=O)N2CC(Cn3nc(C4CC4)ccc3=O)C2)cnn1-c1ccccc1. The molecular weight excluding hydrogens is 366 g/mol. The molecule has 5 rings (SSSR count). The molecular formula is C22H23N5O2. The largest absolute Gasteiger partial charge is 0.338 e. The van der Waals surface area contributed by atoms with Crippen molar-refractivity contribution >= 4 is 5.91 Å². The van der Waals surface area contributed by atoms with Crippen LogP contribution in [0.2, 0.25) is 0 Å². The van der Waals surface area contributed by atoms with Crippen LogP contribution < -0.4 is 5.56 Å². The van der Waals surface area contributed by atoms with Gasteiger partial charge in [0.15, 0.2) is 0 Å². The van der Waals surface area contributed by atoms with Crippen molar-refractivity contribution in [3.8, 4) is 5.69 Å². The minimum atomic E-state index is -0.0702. The van der Waals surface area contributed by atoms with Crippen molar-refractivity contribution in [3.05, 3.63) is 76.0 Å². The van der Waals surface area contributed by atoms with Crippen molar-refractivity contribution in [1.29, 1.82) is 0 Å². The monoisotopic (exact) mass is 389 g/mol. The van der Waals surface area contributed by atoms with Crippen LogP contribution >= 0.6 is 0 Å². The molecule has 3 aromatic rings. The Morgan fingerprint density at radius 3 is 2.59 bits per heavy atom. The van der Waals surface area contributed by atoms with Crippen molar-refractivity contribution < 1.29 is 4.79 Å². The van der Waals surface area contributed by atoms with Gasteiger partial charge in [0.2, 0.25) is 0 Å². The molecule has 29 heavy (non-hydrogen) atoms. The highest BCUT2D eigenvalue weighted by Crippen LogP contribution is 2.38. The second kappa shape index (κ2) is 6.99. The van der Waals surface area contributed by atoms with Gasteiger partial charge in [0.1, 0.15) is 0 Å². The smallest absolute Gasteiger partial charge is 0.266 e. The van der Waals surface area contributed by atoms with Crippen molar-refractivity contribution in [2.24, 2.45) is 5.92 Å². The summed E-state index contributed by atoms with van der Waals surface area (Å²) in [5, 5.41) is 8.91. The van der Waals surface area contributed by atoms with Crippen molar-refractivity contribution in [1.82, 2.24) is 24.5 Å². The summed E-state index contributed by atoms with van der Waals surface area (Å²) >= 11 is 0. The maximum Gasteiger partial charge on any atom is 0.266 e. The van der Waals surface area contributed by atoms with E-state index in [0.29, 0.717) is 31.1 Å². The van der Waals surface area contributed by atoms with E-state index in [-0.39, 0.29) is 17.4 Å². The van der Waals surface area contributed by atoms with Crippen LogP contribution in [-0.4, -0.2) is 43.5 Å². The lowest BCUT2D eigenvalue weighted by Crippen LogP contribution is -2.52. The molecule has 0 atom stereocenters.